The summed E-state index contributed by atoms with van der Waals surface area (Å²) in [5.41, 5.74) is 1.55. The second-order valence-electron chi connectivity index (χ2n) is 13.2. The molecule has 6 aliphatic rings. The molecule has 0 bridgehead atoms. The number of hydrogen-bond donors (Lipinski definition) is 2. The van der Waals surface area contributed by atoms with Crippen LogP contribution in [0.4, 0.5) is 0 Å². The van der Waals surface area contributed by atoms with Crippen molar-refractivity contribution in [1.29, 1.82) is 0 Å². The minimum absolute atomic E-state index is 0.0326. The maximum Gasteiger partial charge on any atom is 0.255 e. The van der Waals surface area contributed by atoms with Crippen LogP contribution < -0.4 is 15.4 Å². The third-order valence-electron chi connectivity index (χ3n) is 10.2. The number of nitrogens with zero attached hydrogens (tertiary/aromatic N) is 2. The lowest BCUT2D eigenvalue weighted by Crippen LogP contribution is -2.52. The van der Waals surface area contributed by atoms with Gasteiger partial charge in [0.15, 0.2) is 0 Å². The number of amides is 4. The van der Waals surface area contributed by atoms with Crippen molar-refractivity contribution in [2.45, 2.75) is 96.2 Å². The zero-order chi connectivity index (χ0) is 28.6. The quantitative estimate of drug-likeness (QED) is 0.531. The fourth-order valence-electron chi connectivity index (χ4n) is 7.00. The maximum absolute atomic E-state index is 12.6. The third kappa shape index (κ3) is 6.15. The van der Waals surface area contributed by atoms with Gasteiger partial charge in [0.2, 0.25) is 17.7 Å². The topological polar surface area (TPSA) is 108 Å². The van der Waals surface area contributed by atoms with E-state index in [-0.39, 0.29) is 35.7 Å². The number of imide groups is 1. The number of nitrogens with one attached hydrogen (secondary N) is 2. The van der Waals surface area contributed by atoms with Gasteiger partial charge >= 0.3 is 0 Å². The molecule has 2 N–H and O–H groups in total. The van der Waals surface area contributed by atoms with E-state index < -0.39 is 6.04 Å². The summed E-state index contributed by atoms with van der Waals surface area (Å²) in [6, 6.07) is 5.00. The van der Waals surface area contributed by atoms with Crippen molar-refractivity contribution >= 4 is 23.6 Å². The van der Waals surface area contributed by atoms with Crippen molar-refractivity contribution < 1.29 is 23.9 Å². The molecule has 1 aromatic carbocycles. The number of fused-ring (bicyclic) bond motifs is 1. The molecule has 2 saturated carbocycles. The van der Waals surface area contributed by atoms with E-state index in [0.29, 0.717) is 24.4 Å². The number of piperidine rings is 2. The molecule has 0 radical (unpaired) electrons. The first-order valence-electron chi connectivity index (χ1n) is 15.7. The van der Waals surface area contributed by atoms with Gasteiger partial charge in [-0.2, -0.15) is 0 Å². The molecule has 1 aromatic rings. The Labute approximate surface area is 242 Å². The van der Waals surface area contributed by atoms with Gasteiger partial charge in [-0.1, -0.05) is 13.3 Å². The minimum atomic E-state index is -0.569. The van der Waals surface area contributed by atoms with Gasteiger partial charge in [-0.15, -0.1) is 0 Å². The van der Waals surface area contributed by atoms with E-state index in [1.807, 2.05) is 12.1 Å². The highest BCUT2D eigenvalue weighted by Crippen LogP contribution is 2.47. The Morgan fingerprint density at radius 3 is 2.32 bits per heavy atom. The van der Waals surface area contributed by atoms with Crippen LogP contribution in [0.25, 0.3) is 0 Å². The fraction of sp³-hybridized carbons (Fsp3) is 0.688. The van der Waals surface area contributed by atoms with Gasteiger partial charge in [0.1, 0.15) is 11.8 Å². The zero-order valence-corrected chi connectivity index (χ0v) is 24.3. The Morgan fingerprint density at radius 1 is 0.951 bits per heavy atom. The Hall–Kier alpha value is -2.94. The van der Waals surface area contributed by atoms with Crippen LogP contribution in [0.1, 0.15) is 93.5 Å². The van der Waals surface area contributed by atoms with Gasteiger partial charge in [-0.05, 0) is 106 Å². The predicted molar refractivity (Wildman–Crippen MR) is 153 cm³/mol. The number of carbonyl (C=O) groups is 4. The molecule has 2 aliphatic carbocycles. The summed E-state index contributed by atoms with van der Waals surface area (Å²) in [5.74, 6) is 2.20. The van der Waals surface area contributed by atoms with Gasteiger partial charge in [0.25, 0.3) is 5.91 Å². The van der Waals surface area contributed by atoms with Crippen molar-refractivity contribution in [1.82, 2.24) is 20.4 Å². The number of carbonyl (C=O) groups excluding carboxylic acids is 4. The van der Waals surface area contributed by atoms with Crippen molar-refractivity contribution in [2.24, 2.45) is 17.3 Å². The lowest BCUT2D eigenvalue weighted by molar-refractivity contribution is -0.138. The summed E-state index contributed by atoms with van der Waals surface area (Å²) >= 11 is 0. The Kier molecular flexibility index (Phi) is 8.07. The Balaban J connectivity index is 0.000000162. The second kappa shape index (κ2) is 11.7. The van der Waals surface area contributed by atoms with Gasteiger partial charge < -0.3 is 19.9 Å². The molecule has 3 saturated heterocycles. The summed E-state index contributed by atoms with van der Waals surface area (Å²) < 4.78 is 6.08. The summed E-state index contributed by atoms with van der Waals surface area (Å²) in [4.78, 5) is 51.9. The molecular formula is C32H44N4O5. The van der Waals surface area contributed by atoms with E-state index in [4.69, 9.17) is 4.74 Å². The van der Waals surface area contributed by atoms with Gasteiger partial charge in [0, 0.05) is 37.0 Å². The third-order valence-corrected chi connectivity index (χ3v) is 10.2. The Morgan fingerprint density at radius 2 is 1.68 bits per heavy atom. The molecule has 9 nitrogen and oxygen atoms in total. The summed E-state index contributed by atoms with van der Waals surface area (Å²) in [6.07, 6.45) is 11.4. The largest absolute Gasteiger partial charge is 0.490 e. The highest BCUT2D eigenvalue weighted by atomic mass is 16.5. The van der Waals surface area contributed by atoms with Crippen molar-refractivity contribution in [2.75, 3.05) is 26.2 Å². The summed E-state index contributed by atoms with van der Waals surface area (Å²) in [7, 11) is 0. The predicted octanol–water partition coefficient (Wildman–Crippen LogP) is 3.40. The van der Waals surface area contributed by atoms with Crippen molar-refractivity contribution in [3.05, 3.63) is 29.3 Å². The van der Waals surface area contributed by atoms with E-state index in [2.05, 4.69) is 22.5 Å². The van der Waals surface area contributed by atoms with Crippen LogP contribution in [0.3, 0.4) is 0 Å². The molecule has 9 heteroatoms. The van der Waals surface area contributed by atoms with Crippen LogP contribution >= 0.6 is 0 Å². The van der Waals surface area contributed by atoms with Crippen LogP contribution in [-0.4, -0.2) is 71.8 Å². The van der Waals surface area contributed by atoms with Gasteiger partial charge in [0.05, 0.1) is 6.10 Å². The minimum Gasteiger partial charge on any atom is -0.490 e. The van der Waals surface area contributed by atoms with Crippen LogP contribution in [-0.2, 0) is 20.9 Å². The second-order valence-corrected chi connectivity index (χ2v) is 13.2. The van der Waals surface area contributed by atoms with E-state index in [1.54, 1.807) is 11.0 Å². The average Bonchev–Trinajstić information content (AvgIpc) is 3.62. The molecule has 7 rings (SSSR count). The lowest BCUT2D eigenvalue weighted by atomic mass is 9.80. The number of rotatable bonds is 5. The molecule has 0 spiro atoms. The fourth-order valence-corrected chi connectivity index (χ4v) is 7.00. The molecule has 222 valence electrons. The van der Waals surface area contributed by atoms with Gasteiger partial charge in [-0.3, -0.25) is 24.5 Å². The van der Waals surface area contributed by atoms with E-state index in [1.165, 1.54) is 45.2 Å². The first-order chi connectivity index (χ1) is 19.8. The smallest absolute Gasteiger partial charge is 0.255 e. The molecule has 4 heterocycles. The average molecular weight is 565 g/mol. The molecular weight excluding hydrogens is 520 g/mol. The number of benzene rings is 1. The van der Waals surface area contributed by atoms with Crippen LogP contribution in [0.5, 0.6) is 5.75 Å². The molecule has 1 atom stereocenters. The summed E-state index contributed by atoms with van der Waals surface area (Å²) in [5, 5.41) is 5.67. The highest BCUT2D eigenvalue weighted by Gasteiger charge is 2.47. The van der Waals surface area contributed by atoms with Crippen LogP contribution in [0.2, 0.25) is 0 Å². The molecule has 41 heavy (non-hydrogen) atoms. The van der Waals surface area contributed by atoms with E-state index >= 15 is 0 Å². The van der Waals surface area contributed by atoms with E-state index in [9.17, 15) is 19.2 Å². The number of hydrogen-bond acceptors (Lipinski definition) is 6. The first-order valence-corrected chi connectivity index (χ1v) is 15.7. The molecule has 5 fully saturated rings. The van der Waals surface area contributed by atoms with Crippen LogP contribution in [0, 0.1) is 17.3 Å². The van der Waals surface area contributed by atoms with Crippen LogP contribution in [0.15, 0.2) is 18.2 Å². The zero-order valence-electron chi connectivity index (χ0n) is 24.3. The monoisotopic (exact) mass is 564 g/mol. The maximum atomic E-state index is 12.6. The first kappa shape index (κ1) is 28.2. The number of ether oxygens (including phenoxy) is 1. The SMILES string of the molecule is CC1(C(=O)N2CCC(C3CNC3)CC2)CC1.O=C1CCC(N2Cc3cc(OC4CCCCC4)ccc3C2=O)C(=O)N1. The summed E-state index contributed by atoms with van der Waals surface area (Å²) in [6.45, 7) is 6.94. The van der Waals surface area contributed by atoms with E-state index in [0.717, 1.165) is 61.9 Å². The molecule has 4 amide bonds. The Bertz CT molecular complexity index is 1180. The molecule has 0 aromatic heterocycles. The highest BCUT2D eigenvalue weighted by molar-refractivity contribution is 6.05. The van der Waals surface area contributed by atoms with Crippen molar-refractivity contribution in [3.63, 3.8) is 0 Å². The number of likely N-dealkylation sites (tertiary alicyclic amines) is 1. The van der Waals surface area contributed by atoms with Gasteiger partial charge in [-0.25, -0.2) is 0 Å². The van der Waals surface area contributed by atoms with Crippen molar-refractivity contribution in [3.8, 4) is 5.75 Å². The molecule has 1 unspecified atom stereocenters. The standard InChI is InChI=1S/C19H22N2O4.C13H22N2O/c22-17-9-8-16(18(23)20-17)21-11-12-10-14(6-7-15(12)19(21)24)25-13-4-2-1-3-5-13;1-13(4-5-13)12(16)15-6-2-10(3-7-15)11-8-14-9-11/h6-7,10,13,16H,1-5,8-9,11H2,(H,20,22,23);10-11,14H,2-9H2,1H3. The lowest BCUT2D eigenvalue weighted by Gasteiger charge is -2.41. The normalized spacial score (nSPS) is 26.5. The molecule has 4 aliphatic heterocycles.